The number of hydrogen-bond acceptors (Lipinski definition) is 9. The molecule has 4 aliphatic carbocycles. The molecule has 1 aromatic carbocycles. The minimum Gasteiger partial charge on any atom is -0.512 e. The molecule has 3 fully saturated rings. The lowest BCUT2D eigenvalue weighted by Gasteiger charge is -2.58. The molecule has 0 bridgehead atoms. The minimum atomic E-state index is -0.628. The lowest BCUT2D eigenvalue weighted by Crippen LogP contribution is -2.51. The summed E-state index contributed by atoms with van der Waals surface area (Å²) in [5, 5.41) is 16.5. The quantitative estimate of drug-likeness (QED) is 0.0455. The van der Waals surface area contributed by atoms with E-state index in [9.17, 15) is 29.1 Å². The van der Waals surface area contributed by atoms with Gasteiger partial charge in [-0.15, -0.1) is 0 Å². The van der Waals surface area contributed by atoms with Crippen LogP contribution in [-0.2, 0) is 32.0 Å². The third-order valence-electron chi connectivity index (χ3n) is 16.1. The molecule has 2 aliphatic heterocycles. The molecule has 3 heterocycles. The fourth-order valence-electron chi connectivity index (χ4n) is 13.2. The molecule has 11 nitrogen and oxygen atoms in total. The summed E-state index contributed by atoms with van der Waals surface area (Å²) in [6, 6.07) is 3.76. The second kappa shape index (κ2) is 17.2. The van der Waals surface area contributed by atoms with Crippen molar-refractivity contribution in [2.24, 2.45) is 40.4 Å². The lowest BCUT2D eigenvalue weighted by atomic mass is 9.47. The first kappa shape index (κ1) is 42.3. The number of allylic oxidation sites excluding steroid dienone is 3. The van der Waals surface area contributed by atoms with E-state index < -0.39 is 11.5 Å². The van der Waals surface area contributed by atoms with Crippen molar-refractivity contribution in [3.05, 3.63) is 62.7 Å². The Bertz CT molecular complexity index is 2150. The Hall–Kier alpha value is -4.41. The predicted octanol–water partition coefficient (Wildman–Crippen LogP) is 8.06. The highest BCUT2D eigenvalue weighted by molar-refractivity contribution is 5.98. The van der Waals surface area contributed by atoms with Crippen LogP contribution in [0.4, 0.5) is 5.69 Å². The molecule has 60 heavy (non-hydrogen) atoms. The Labute approximate surface area is 354 Å². The molecule has 8 unspecified atom stereocenters. The molecule has 3 saturated carbocycles. The van der Waals surface area contributed by atoms with E-state index in [4.69, 9.17) is 9.15 Å². The predicted molar refractivity (Wildman–Crippen MR) is 231 cm³/mol. The average Bonchev–Trinajstić information content (AvgIpc) is 3.58. The van der Waals surface area contributed by atoms with Crippen molar-refractivity contribution in [2.75, 3.05) is 31.1 Å². The Morgan fingerprint density at radius 2 is 1.77 bits per heavy atom. The van der Waals surface area contributed by atoms with Gasteiger partial charge < -0.3 is 29.8 Å². The van der Waals surface area contributed by atoms with E-state index in [1.54, 1.807) is 6.07 Å². The van der Waals surface area contributed by atoms with E-state index in [0.29, 0.717) is 48.1 Å². The largest absolute Gasteiger partial charge is 0.512 e. The molecule has 3 N–H and O–H groups in total. The third-order valence-corrected chi connectivity index (χ3v) is 16.1. The van der Waals surface area contributed by atoms with Crippen LogP contribution in [0.3, 0.4) is 0 Å². The number of anilines is 1. The van der Waals surface area contributed by atoms with Gasteiger partial charge in [-0.2, -0.15) is 0 Å². The van der Waals surface area contributed by atoms with E-state index in [1.165, 1.54) is 49.4 Å². The summed E-state index contributed by atoms with van der Waals surface area (Å²) in [4.78, 5) is 65.4. The second-order valence-corrected chi connectivity index (χ2v) is 19.6. The Balaban J connectivity index is 0.794. The van der Waals surface area contributed by atoms with Crippen molar-refractivity contribution in [3.63, 3.8) is 0 Å². The molecule has 0 radical (unpaired) electrons. The summed E-state index contributed by atoms with van der Waals surface area (Å²) in [6.07, 6.45) is 17.5. The van der Waals surface area contributed by atoms with Crippen LogP contribution in [0, 0.1) is 40.4 Å². The van der Waals surface area contributed by atoms with Crippen LogP contribution in [0.2, 0.25) is 0 Å². The number of esters is 1. The van der Waals surface area contributed by atoms with Crippen molar-refractivity contribution >= 4 is 40.2 Å². The molecule has 8 rings (SSSR count). The number of ketones is 1. The molecule has 1 aromatic heterocycles. The summed E-state index contributed by atoms with van der Waals surface area (Å²) in [6.45, 7) is 11.3. The summed E-state index contributed by atoms with van der Waals surface area (Å²) in [5.41, 5.74) is 5.37. The molecule has 0 spiro atoms. The van der Waals surface area contributed by atoms with Gasteiger partial charge in [0.2, 0.25) is 5.91 Å². The second-order valence-electron chi connectivity index (χ2n) is 19.6. The van der Waals surface area contributed by atoms with E-state index in [1.807, 2.05) is 0 Å². The fraction of sp³-hybridized carbons (Fsp3) is 0.653. The number of aliphatic hydroxyl groups excluding tert-OH is 1. The first-order valence-corrected chi connectivity index (χ1v) is 23.0. The highest BCUT2D eigenvalue weighted by atomic mass is 16.5. The molecule has 11 heteroatoms. The number of aliphatic hydroxyl groups is 1. The zero-order valence-electron chi connectivity index (χ0n) is 36.2. The van der Waals surface area contributed by atoms with Crippen LogP contribution < -0.4 is 21.2 Å². The van der Waals surface area contributed by atoms with Crippen molar-refractivity contribution in [1.82, 2.24) is 10.6 Å². The Morgan fingerprint density at radius 1 is 0.983 bits per heavy atom. The number of amides is 2. The van der Waals surface area contributed by atoms with E-state index in [-0.39, 0.29) is 65.3 Å². The number of rotatable bonds is 13. The molecule has 0 saturated heterocycles. The number of ether oxygens (including phenoxy) is 1. The maximum Gasteiger partial charge on any atom is 0.349 e. The maximum absolute atomic E-state index is 13.1. The van der Waals surface area contributed by atoms with Crippen molar-refractivity contribution < 1.29 is 33.4 Å². The number of hydrogen-bond donors (Lipinski definition) is 3. The van der Waals surface area contributed by atoms with Crippen molar-refractivity contribution in [1.29, 1.82) is 0 Å². The number of nitrogens with one attached hydrogen (secondary N) is 2. The molecule has 6 aliphatic rings. The van der Waals surface area contributed by atoms with Gasteiger partial charge in [0, 0.05) is 68.2 Å². The normalized spacial score (nSPS) is 29.9. The molecular weight excluding hydrogens is 759 g/mol. The summed E-state index contributed by atoms with van der Waals surface area (Å²) in [5.74, 6) is 1.78. The molecule has 2 aromatic rings. The van der Waals surface area contributed by atoms with Crippen LogP contribution >= 0.6 is 0 Å². The van der Waals surface area contributed by atoms with Crippen LogP contribution in [0.5, 0.6) is 0 Å². The standard InChI is InChI=1S/C49H65N3O8/c1-29(9-15-42(55)50-21-22-51-46(57)38-27-32-26-31-7-5-23-52-24-6-8-37(44(31)52)45(32)60-47(38)58)39-13-14-40-36-12-10-33-28-35(59-43(56)16-11-34(54)25-30(2)53)17-19-48(33,3)41(36)18-20-49(39,40)4/h10,25-27,29,35-36,39-41,54H,5-9,11-24,28H2,1-4H3,(H,50,55)(H,51,57). The van der Waals surface area contributed by atoms with Crippen molar-refractivity contribution in [3.8, 4) is 0 Å². The number of fused-ring (bicyclic) bond motifs is 7. The van der Waals surface area contributed by atoms with Crippen LogP contribution in [0.1, 0.15) is 139 Å². The van der Waals surface area contributed by atoms with Gasteiger partial charge in [-0.3, -0.25) is 19.2 Å². The Morgan fingerprint density at radius 3 is 2.57 bits per heavy atom. The first-order chi connectivity index (χ1) is 28.7. The zero-order valence-corrected chi connectivity index (χ0v) is 36.2. The summed E-state index contributed by atoms with van der Waals surface area (Å²) in [7, 11) is 0. The highest BCUT2D eigenvalue weighted by Gasteiger charge is 2.59. The van der Waals surface area contributed by atoms with Gasteiger partial charge in [-0.25, -0.2) is 4.79 Å². The number of carbonyl (C=O) groups excluding carboxylic acids is 4. The third kappa shape index (κ3) is 8.18. The van der Waals surface area contributed by atoms with E-state index in [0.717, 1.165) is 87.9 Å². The van der Waals surface area contributed by atoms with Gasteiger partial charge in [0.25, 0.3) is 5.91 Å². The van der Waals surface area contributed by atoms with E-state index >= 15 is 0 Å². The number of benzene rings is 1. The first-order valence-electron chi connectivity index (χ1n) is 23.0. The summed E-state index contributed by atoms with van der Waals surface area (Å²) >= 11 is 0. The van der Waals surface area contributed by atoms with Gasteiger partial charge in [0.15, 0.2) is 5.78 Å². The van der Waals surface area contributed by atoms with Gasteiger partial charge in [-0.05, 0) is 142 Å². The SMILES string of the molecule is CC(=O)C=C(O)CCC(=O)OC1CCC2(C)C(=CCC3C2CCC2(C)C(C(C)CCC(=O)NCCNC(=O)c4cc5cc6c7c(c5oc4=O)CCCN7CCC6)CCC32)C1. The average molecular weight is 824 g/mol. The summed E-state index contributed by atoms with van der Waals surface area (Å²) < 4.78 is 11.7. The molecule has 324 valence electrons. The van der Waals surface area contributed by atoms with Gasteiger partial charge in [-0.1, -0.05) is 32.4 Å². The maximum atomic E-state index is 13.1. The highest BCUT2D eigenvalue weighted by Crippen LogP contribution is 2.67. The number of aryl methyl sites for hydroxylation is 2. The number of carbonyl (C=O) groups is 4. The Kier molecular flexibility index (Phi) is 12.1. The molecular formula is C49H65N3O8. The van der Waals surface area contributed by atoms with Crippen LogP contribution in [0.25, 0.3) is 11.0 Å². The van der Waals surface area contributed by atoms with Crippen LogP contribution in [0.15, 0.2) is 44.8 Å². The van der Waals surface area contributed by atoms with Crippen molar-refractivity contribution in [2.45, 2.75) is 137 Å². The van der Waals surface area contributed by atoms with Gasteiger partial charge >= 0.3 is 11.6 Å². The monoisotopic (exact) mass is 823 g/mol. The molecule has 8 atom stereocenters. The zero-order chi connectivity index (χ0) is 42.3. The lowest BCUT2D eigenvalue weighted by molar-refractivity contribution is -0.151. The van der Waals surface area contributed by atoms with E-state index in [2.05, 4.69) is 48.4 Å². The minimum absolute atomic E-state index is 0.00360. The fourth-order valence-corrected chi connectivity index (χ4v) is 13.2. The van der Waals surface area contributed by atoms with Gasteiger partial charge in [0.05, 0.1) is 12.2 Å². The molecule has 2 amide bonds. The van der Waals surface area contributed by atoms with Crippen LogP contribution in [-0.4, -0.2) is 61.0 Å². The smallest absolute Gasteiger partial charge is 0.349 e. The topological polar surface area (TPSA) is 155 Å². The number of nitrogens with zero attached hydrogens (tertiary/aromatic N) is 1. The van der Waals surface area contributed by atoms with Gasteiger partial charge in [0.1, 0.15) is 17.3 Å².